The van der Waals surface area contributed by atoms with Crippen LogP contribution in [-0.4, -0.2) is 40.8 Å². The maximum atomic E-state index is 12.3. The summed E-state index contributed by atoms with van der Waals surface area (Å²) in [6, 6.07) is 8.01. The number of aromatic nitrogens is 1. The van der Waals surface area contributed by atoms with Crippen LogP contribution >= 0.6 is 11.3 Å². The lowest BCUT2D eigenvalue weighted by Gasteiger charge is -2.28. The van der Waals surface area contributed by atoms with E-state index < -0.39 is 5.60 Å². The average Bonchev–Trinajstić information content (AvgIpc) is 3.09. The van der Waals surface area contributed by atoms with Crippen molar-refractivity contribution in [1.29, 1.82) is 0 Å². The molecule has 1 atom stereocenters. The van der Waals surface area contributed by atoms with Crippen molar-refractivity contribution in [3.63, 3.8) is 0 Å². The fourth-order valence-electron chi connectivity index (χ4n) is 2.65. The number of rotatable bonds is 3. The highest BCUT2D eigenvalue weighted by Gasteiger charge is 2.32. The Hall–Kier alpha value is -1.82. The molecular formula is C17H22N2O3S. The summed E-state index contributed by atoms with van der Waals surface area (Å²) in [5.74, 6) is 0. The van der Waals surface area contributed by atoms with Gasteiger partial charge in [-0.15, -0.1) is 0 Å². The van der Waals surface area contributed by atoms with E-state index in [2.05, 4.69) is 4.98 Å². The van der Waals surface area contributed by atoms with Crippen LogP contribution in [-0.2, 0) is 4.74 Å². The summed E-state index contributed by atoms with van der Waals surface area (Å²) in [7, 11) is 0. The normalized spacial score (nSPS) is 18.4. The fourth-order valence-corrected chi connectivity index (χ4v) is 3.47. The lowest BCUT2D eigenvalue weighted by Crippen LogP contribution is -2.42. The molecule has 124 valence electrons. The lowest BCUT2D eigenvalue weighted by atomic mass is 10.2. The van der Waals surface area contributed by atoms with Crippen LogP contribution in [0.5, 0.6) is 5.19 Å². The van der Waals surface area contributed by atoms with E-state index >= 15 is 0 Å². The number of hydrogen-bond acceptors (Lipinski definition) is 5. The van der Waals surface area contributed by atoms with Crippen LogP contribution in [0.1, 0.15) is 33.6 Å². The molecule has 5 nitrogen and oxygen atoms in total. The van der Waals surface area contributed by atoms with Crippen molar-refractivity contribution in [2.45, 2.75) is 45.3 Å². The van der Waals surface area contributed by atoms with E-state index in [1.165, 1.54) is 11.3 Å². The smallest absolute Gasteiger partial charge is 0.410 e. The molecular weight excluding hydrogens is 312 g/mol. The first-order valence-corrected chi connectivity index (χ1v) is 8.72. The quantitative estimate of drug-likeness (QED) is 0.849. The molecule has 3 rings (SSSR count). The first-order valence-electron chi connectivity index (χ1n) is 7.90. The predicted molar refractivity (Wildman–Crippen MR) is 91.1 cm³/mol. The molecule has 1 aliphatic rings. The van der Waals surface area contributed by atoms with Gasteiger partial charge in [0, 0.05) is 6.54 Å². The van der Waals surface area contributed by atoms with Gasteiger partial charge in [-0.25, -0.2) is 9.78 Å². The fraction of sp³-hybridized carbons (Fsp3) is 0.529. The number of thiazole rings is 1. The van der Waals surface area contributed by atoms with E-state index in [4.69, 9.17) is 9.47 Å². The summed E-state index contributed by atoms with van der Waals surface area (Å²) < 4.78 is 12.4. The molecule has 1 amide bonds. The van der Waals surface area contributed by atoms with E-state index in [9.17, 15) is 4.79 Å². The predicted octanol–water partition coefficient (Wildman–Crippen LogP) is 4.07. The summed E-state index contributed by atoms with van der Waals surface area (Å²) in [4.78, 5) is 18.5. The Kier molecular flexibility index (Phi) is 4.43. The van der Waals surface area contributed by atoms with Gasteiger partial charge in [0.2, 0.25) is 0 Å². The minimum atomic E-state index is -0.474. The van der Waals surface area contributed by atoms with E-state index in [1.54, 1.807) is 4.90 Å². The molecule has 23 heavy (non-hydrogen) atoms. The highest BCUT2D eigenvalue weighted by atomic mass is 32.1. The molecule has 0 bridgehead atoms. The number of para-hydroxylation sites is 1. The van der Waals surface area contributed by atoms with Gasteiger partial charge in [0.1, 0.15) is 12.2 Å². The van der Waals surface area contributed by atoms with Gasteiger partial charge in [0.15, 0.2) is 0 Å². The Morgan fingerprint density at radius 1 is 1.39 bits per heavy atom. The molecule has 0 radical (unpaired) electrons. The molecule has 0 saturated carbocycles. The van der Waals surface area contributed by atoms with Crippen molar-refractivity contribution in [2.24, 2.45) is 0 Å². The second kappa shape index (κ2) is 6.35. The number of amides is 1. The molecule has 2 heterocycles. The van der Waals surface area contributed by atoms with Crippen LogP contribution < -0.4 is 4.74 Å². The van der Waals surface area contributed by atoms with Gasteiger partial charge in [-0.3, -0.25) is 0 Å². The molecule has 1 aromatic carbocycles. The molecule has 0 N–H and O–H groups in total. The van der Waals surface area contributed by atoms with Crippen LogP contribution in [0.25, 0.3) is 10.2 Å². The number of carbonyl (C=O) groups is 1. The van der Waals surface area contributed by atoms with Crippen molar-refractivity contribution < 1.29 is 14.3 Å². The molecule has 1 aromatic heterocycles. The van der Waals surface area contributed by atoms with Gasteiger partial charge in [-0.05, 0) is 45.7 Å². The highest BCUT2D eigenvalue weighted by molar-refractivity contribution is 7.20. The molecule has 6 heteroatoms. The first-order chi connectivity index (χ1) is 10.9. The Morgan fingerprint density at radius 3 is 2.91 bits per heavy atom. The number of carbonyl (C=O) groups excluding carboxylic acids is 1. The third kappa shape index (κ3) is 3.93. The number of likely N-dealkylation sites (tertiary alicyclic amines) is 1. The number of nitrogens with zero attached hydrogens (tertiary/aromatic N) is 2. The molecule has 1 saturated heterocycles. The van der Waals surface area contributed by atoms with Crippen LogP contribution in [0.15, 0.2) is 24.3 Å². The molecule has 0 unspecified atom stereocenters. The topological polar surface area (TPSA) is 51.7 Å². The summed E-state index contributed by atoms with van der Waals surface area (Å²) >= 11 is 1.53. The Labute approximate surface area is 140 Å². The number of fused-ring (bicyclic) bond motifs is 1. The van der Waals surface area contributed by atoms with Crippen LogP contribution in [0.4, 0.5) is 4.79 Å². The van der Waals surface area contributed by atoms with E-state index in [1.807, 2.05) is 45.0 Å². The molecule has 0 spiro atoms. The van der Waals surface area contributed by atoms with E-state index in [0.29, 0.717) is 11.8 Å². The highest BCUT2D eigenvalue weighted by Crippen LogP contribution is 2.28. The Bertz CT molecular complexity index is 659. The second-order valence-electron chi connectivity index (χ2n) is 6.73. The third-order valence-corrected chi connectivity index (χ3v) is 4.63. The zero-order valence-corrected chi connectivity index (χ0v) is 14.6. The van der Waals surface area contributed by atoms with E-state index in [0.717, 1.165) is 29.6 Å². The van der Waals surface area contributed by atoms with Crippen LogP contribution in [0.2, 0.25) is 0 Å². The summed E-state index contributed by atoms with van der Waals surface area (Å²) in [5.41, 5.74) is 0.473. The van der Waals surface area contributed by atoms with Crippen molar-refractivity contribution >= 4 is 27.6 Å². The molecule has 0 aliphatic carbocycles. The lowest BCUT2D eigenvalue weighted by molar-refractivity contribution is 0.0187. The maximum Gasteiger partial charge on any atom is 0.410 e. The van der Waals surface area contributed by atoms with Crippen molar-refractivity contribution in [2.75, 3.05) is 13.2 Å². The van der Waals surface area contributed by atoms with Crippen molar-refractivity contribution in [1.82, 2.24) is 9.88 Å². The van der Waals surface area contributed by atoms with Gasteiger partial charge in [-0.1, -0.05) is 23.5 Å². The van der Waals surface area contributed by atoms with E-state index in [-0.39, 0.29) is 12.1 Å². The van der Waals surface area contributed by atoms with Crippen LogP contribution in [0.3, 0.4) is 0 Å². The largest absolute Gasteiger partial charge is 0.468 e. The number of benzene rings is 1. The molecule has 1 aliphatic heterocycles. The van der Waals surface area contributed by atoms with Crippen molar-refractivity contribution in [3.05, 3.63) is 24.3 Å². The average molecular weight is 334 g/mol. The standard InChI is InChI=1S/C17H22N2O3S/c1-17(2,3)22-16(20)19-10-6-7-12(19)11-21-15-18-13-8-4-5-9-14(13)23-15/h4-5,8-9,12H,6-7,10-11H2,1-3H3/t12-/m1/s1. The summed E-state index contributed by atoms with van der Waals surface area (Å²) in [6.45, 7) is 6.83. The monoisotopic (exact) mass is 334 g/mol. The third-order valence-electron chi connectivity index (χ3n) is 3.68. The Balaban J connectivity index is 1.61. The zero-order valence-electron chi connectivity index (χ0n) is 13.7. The summed E-state index contributed by atoms with van der Waals surface area (Å²) in [5, 5.41) is 0.655. The SMILES string of the molecule is CC(C)(C)OC(=O)N1CCC[C@@H]1COc1nc2ccccc2s1. The minimum Gasteiger partial charge on any atom is -0.468 e. The second-order valence-corrected chi connectivity index (χ2v) is 7.72. The molecule has 1 fully saturated rings. The first kappa shape index (κ1) is 16.1. The van der Waals surface area contributed by atoms with Crippen LogP contribution in [0, 0.1) is 0 Å². The summed E-state index contributed by atoms with van der Waals surface area (Å²) in [6.07, 6.45) is 1.66. The number of ether oxygens (including phenoxy) is 2. The van der Waals surface area contributed by atoms with Gasteiger partial charge in [-0.2, -0.15) is 0 Å². The maximum absolute atomic E-state index is 12.3. The van der Waals surface area contributed by atoms with Gasteiger partial charge in [0.25, 0.3) is 5.19 Å². The van der Waals surface area contributed by atoms with Gasteiger partial charge < -0.3 is 14.4 Å². The van der Waals surface area contributed by atoms with Gasteiger partial charge >= 0.3 is 6.09 Å². The van der Waals surface area contributed by atoms with Crippen molar-refractivity contribution in [3.8, 4) is 5.19 Å². The Morgan fingerprint density at radius 2 is 2.17 bits per heavy atom. The van der Waals surface area contributed by atoms with Gasteiger partial charge in [0.05, 0.1) is 16.3 Å². The number of hydrogen-bond donors (Lipinski definition) is 0. The minimum absolute atomic E-state index is 0.0527. The molecule has 2 aromatic rings. The zero-order chi connectivity index (χ0) is 16.4.